The minimum absolute atomic E-state index is 0.420. The van der Waals surface area contributed by atoms with Gasteiger partial charge in [0, 0.05) is 12.6 Å². The molecule has 0 atom stereocenters. The minimum atomic E-state index is -1.58. The smallest absolute Gasteiger partial charge is 0.143 e. The molecule has 4 aromatic rings. The van der Waals surface area contributed by atoms with Crippen LogP contribution in [-0.4, -0.2) is 30.2 Å². The molecule has 34 heavy (non-hydrogen) atoms. The van der Waals surface area contributed by atoms with Crippen molar-refractivity contribution in [3.8, 4) is 0 Å². The Bertz CT molecular complexity index is 1010. The van der Waals surface area contributed by atoms with Crippen LogP contribution in [0.4, 0.5) is 0 Å². The maximum atomic E-state index is 7.60. The van der Waals surface area contributed by atoms with E-state index in [4.69, 9.17) is 5.11 Å². The average molecular weight is 487 g/mol. The molecule has 0 bridgehead atoms. The second-order valence-corrected chi connectivity index (χ2v) is 14.9. The molecule has 3 heteroatoms. The van der Waals surface area contributed by atoms with Gasteiger partial charge >= 0.3 is 0 Å². The molecule has 0 aliphatic rings. The van der Waals surface area contributed by atoms with Crippen LogP contribution >= 0.6 is 15.2 Å². The number of unbranched alkanes of at least 4 members (excludes halogenated alkanes) is 2. The maximum absolute atomic E-state index is 7.60. The van der Waals surface area contributed by atoms with Gasteiger partial charge in [0.15, 0.2) is 0 Å². The molecular formula is C31H36OP2+2. The number of rotatable bonds is 12. The highest BCUT2D eigenvalue weighted by Crippen LogP contribution is 2.58. The van der Waals surface area contributed by atoms with Crippen LogP contribution in [0.5, 0.6) is 0 Å². The van der Waals surface area contributed by atoms with E-state index >= 15 is 0 Å². The number of hydrogen-bond donors (Lipinski definition) is 0. The highest BCUT2D eigenvalue weighted by atomic mass is 31.2. The lowest BCUT2D eigenvalue weighted by Crippen LogP contribution is -2.30. The lowest BCUT2D eigenvalue weighted by Gasteiger charge is -2.30. The molecule has 0 saturated carbocycles. The highest BCUT2D eigenvalue weighted by Gasteiger charge is 2.42. The van der Waals surface area contributed by atoms with Crippen molar-refractivity contribution in [3.63, 3.8) is 0 Å². The van der Waals surface area contributed by atoms with Crippen LogP contribution in [0.2, 0.25) is 0 Å². The summed E-state index contributed by atoms with van der Waals surface area (Å²) in [6, 6.07) is 44.9. The van der Waals surface area contributed by atoms with Crippen molar-refractivity contribution in [2.75, 3.05) is 25.1 Å². The molecule has 4 rings (SSSR count). The Balaban J connectivity index is 1.73. The summed E-state index contributed by atoms with van der Waals surface area (Å²) in [4.78, 5) is 0. The Morgan fingerprint density at radius 3 is 1.38 bits per heavy atom. The van der Waals surface area contributed by atoms with E-state index in [0.717, 1.165) is 12.8 Å². The summed E-state index contributed by atoms with van der Waals surface area (Å²) >= 11 is 0. The van der Waals surface area contributed by atoms with Gasteiger partial charge < -0.3 is 5.11 Å². The Labute approximate surface area is 207 Å². The van der Waals surface area contributed by atoms with Crippen molar-refractivity contribution in [1.29, 1.82) is 0 Å². The van der Waals surface area contributed by atoms with E-state index < -0.39 is 15.2 Å². The maximum Gasteiger partial charge on any atom is 0.143 e. The van der Waals surface area contributed by atoms with Gasteiger partial charge in [-0.1, -0.05) is 97.1 Å². The fraction of sp³-hybridized carbons (Fsp3) is 0.226. The van der Waals surface area contributed by atoms with Gasteiger partial charge in [0.05, 0.1) is 30.2 Å². The molecule has 0 saturated heterocycles. The predicted molar refractivity (Wildman–Crippen MR) is 155 cm³/mol. The molecule has 0 aromatic heterocycles. The van der Waals surface area contributed by atoms with E-state index in [1.807, 2.05) is 0 Å². The van der Waals surface area contributed by atoms with Gasteiger partial charge in [-0.2, -0.15) is 0 Å². The summed E-state index contributed by atoms with van der Waals surface area (Å²) in [6.07, 6.45) is 7.00. The van der Waals surface area contributed by atoms with Gasteiger partial charge in [0.1, 0.15) is 6.61 Å². The van der Waals surface area contributed by atoms with Crippen molar-refractivity contribution >= 4 is 36.4 Å². The second-order valence-electron chi connectivity index (χ2n) is 8.72. The lowest BCUT2D eigenvalue weighted by atomic mass is 10.3. The molecule has 4 aromatic carbocycles. The zero-order chi connectivity index (χ0) is 23.5. The van der Waals surface area contributed by atoms with Gasteiger partial charge in [-0.05, 0) is 55.6 Å². The van der Waals surface area contributed by atoms with Gasteiger partial charge in [-0.3, -0.25) is 0 Å². The van der Waals surface area contributed by atoms with E-state index in [1.165, 1.54) is 46.1 Å². The fourth-order valence-corrected chi connectivity index (χ4v) is 12.6. The second kappa shape index (κ2) is 13.0. The van der Waals surface area contributed by atoms with Crippen LogP contribution < -0.4 is 21.2 Å². The minimum Gasteiger partial charge on any atom is -0.445 e. The number of hydrogen-bond acceptors (Lipinski definition) is 0. The summed E-state index contributed by atoms with van der Waals surface area (Å²) in [5.74, 6) is 0. The third-order valence-corrected chi connectivity index (χ3v) is 14.1. The van der Waals surface area contributed by atoms with E-state index in [2.05, 4.69) is 121 Å². The van der Waals surface area contributed by atoms with E-state index in [9.17, 15) is 0 Å². The topological polar surface area (TPSA) is 22.9 Å². The third-order valence-electron chi connectivity index (χ3n) is 6.56. The molecule has 0 unspecified atom stereocenters. The van der Waals surface area contributed by atoms with Crippen LogP contribution in [0.3, 0.4) is 0 Å². The van der Waals surface area contributed by atoms with Gasteiger partial charge in [0.2, 0.25) is 0 Å². The first kappa shape index (κ1) is 24.8. The molecule has 0 aliphatic heterocycles. The average Bonchev–Trinajstić information content (AvgIpc) is 2.92. The molecule has 0 radical (unpaired) electrons. The highest BCUT2D eigenvalue weighted by molar-refractivity contribution is 7.90. The van der Waals surface area contributed by atoms with Gasteiger partial charge in [-0.25, -0.2) is 0 Å². The zero-order valence-corrected chi connectivity index (χ0v) is 21.7. The summed E-state index contributed by atoms with van der Waals surface area (Å²) in [5.41, 5.74) is 0. The normalized spacial score (nSPS) is 11.6. The quantitative estimate of drug-likeness (QED) is 0.140. The van der Waals surface area contributed by atoms with Crippen LogP contribution in [0.15, 0.2) is 121 Å². The molecule has 174 valence electrons. The van der Waals surface area contributed by atoms with Crippen molar-refractivity contribution in [2.24, 2.45) is 0 Å². The first-order chi connectivity index (χ1) is 16.8. The predicted octanol–water partition coefficient (Wildman–Crippen LogP) is 5.68. The summed E-state index contributed by atoms with van der Waals surface area (Å²) < 4.78 is 0. The van der Waals surface area contributed by atoms with E-state index in [-0.39, 0.29) is 0 Å². The van der Waals surface area contributed by atoms with E-state index in [0.29, 0.717) is 6.61 Å². The molecule has 0 amide bonds. The van der Waals surface area contributed by atoms with Crippen molar-refractivity contribution in [1.82, 2.24) is 0 Å². The van der Waals surface area contributed by atoms with Gasteiger partial charge in [0.25, 0.3) is 0 Å². The molecular weight excluding hydrogens is 450 g/mol. The summed E-state index contributed by atoms with van der Waals surface area (Å²) in [7, 11) is -2.00. The Hall–Kier alpha value is -2.30. The van der Waals surface area contributed by atoms with E-state index in [1.54, 1.807) is 0 Å². The largest absolute Gasteiger partial charge is 0.445 e. The summed E-state index contributed by atoms with van der Waals surface area (Å²) in [6.45, 7) is 0.537. The molecule has 0 heterocycles. The molecule has 0 aliphatic carbocycles. The molecule has 0 spiro atoms. The van der Waals surface area contributed by atoms with Crippen LogP contribution in [0, 0.1) is 0 Å². The van der Waals surface area contributed by atoms with Crippen LogP contribution in [0.1, 0.15) is 19.3 Å². The Morgan fingerprint density at radius 2 is 0.941 bits per heavy atom. The molecule has 2 N–H and O–H groups in total. The first-order valence-electron chi connectivity index (χ1n) is 12.3. The molecule has 1 nitrogen and oxygen atoms in total. The summed E-state index contributed by atoms with van der Waals surface area (Å²) in [5, 5.41) is 13.6. The first-order valence-corrected chi connectivity index (χ1v) is 16.0. The Morgan fingerprint density at radius 1 is 0.500 bits per heavy atom. The van der Waals surface area contributed by atoms with Crippen LogP contribution in [0.25, 0.3) is 0 Å². The molecule has 0 fully saturated rings. The fourth-order valence-electron chi connectivity index (χ4n) is 4.78. The standard InChI is InChI=1S/C31H35OP2/c32-24-14-5-15-26-34(30-20-10-3-11-21-30,31-22-12-4-13-23-31)27-25-33(28-16-6-1-7-17-28)29-18-8-2-9-19-29/h1-4,6-13,16-23,32H,5,14-15,24-27H2/q+1/p+1. The van der Waals surface area contributed by atoms with Crippen molar-refractivity contribution < 1.29 is 5.11 Å². The van der Waals surface area contributed by atoms with Crippen LogP contribution in [-0.2, 0) is 0 Å². The SMILES string of the molecule is [OH2+]CCCCC[P+](CCP(c1ccccc1)c1ccccc1)(c1ccccc1)c1ccccc1. The lowest BCUT2D eigenvalue weighted by molar-refractivity contribution is 0.284. The number of benzene rings is 4. The monoisotopic (exact) mass is 486 g/mol. The third kappa shape index (κ3) is 6.22. The zero-order valence-electron chi connectivity index (χ0n) is 19.9. The van der Waals surface area contributed by atoms with Crippen molar-refractivity contribution in [3.05, 3.63) is 121 Å². The van der Waals surface area contributed by atoms with Gasteiger partial charge in [-0.15, -0.1) is 0 Å². The Kier molecular flexibility index (Phi) is 9.46. The van der Waals surface area contributed by atoms with Crippen molar-refractivity contribution in [2.45, 2.75) is 19.3 Å².